The third-order valence-electron chi connectivity index (χ3n) is 6.81. The minimum absolute atomic E-state index is 0.171. The Kier molecular flexibility index (Phi) is 7.21. The van der Waals surface area contributed by atoms with E-state index in [1.54, 1.807) is 26.4 Å². The lowest BCUT2D eigenvalue weighted by molar-refractivity contribution is -0.149. The quantitative estimate of drug-likeness (QED) is 0.447. The average molecular weight is 497 g/mol. The van der Waals surface area contributed by atoms with Gasteiger partial charge < -0.3 is 24.7 Å². The molecule has 9 heteroatoms. The van der Waals surface area contributed by atoms with Gasteiger partial charge in [0, 0.05) is 30.9 Å². The normalized spacial score (nSPS) is 18.8. The van der Waals surface area contributed by atoms with Gasteiger partial charge in [-0.25, -0.2) is 13.8 Å². The van der Waals surface area contributed by atoms with Crippen LogP contribution in [0.15, 0.2) is 48.9 Å². The molecule has 0 radical (unpaired) electrons. The molecule has 1 amide bonds. The number of halogens is 2. The van der Waals surface area contributed by atoms with E-state index in [2.05, 4.69) is 4.98 Å². The standard InChI is InChI=1S/C27H30F2N4O3/c1-17-14-32(16-31-17)23-6-5-18(11-25(23)36-3)22(30)13-27(2)7-4-8-33(26(27)35)24(15-34)19-9-20(28)12-21(29)10-19/h5-6,9-12,14,16,24,30,34H,4,7-8,13,15H2,1-3H3. The number of aromatic nitrogens is 2. The molecule has 1 aromatic heterocycles. The number of aliphatic hydroxyl groups excluding tert-OH is 1. The number of likely N-dealkylation sites (tertiary alicyclic amines) is 1. The lowest BCUT2D eigenvalue weighted by Crippen LogP contribution is -2.50. The number of nitrogens with one attached hydrogen (secondary N) is 1. The molecule has 0 saturated carbocycles. The molecule has 0 aliphatic carbocycles. The number of nitrogens with zero attached hydrogens (tertiary/aromatic N) is 3. The second-order valence-electron chi connectivity index (χ2n) is 9.53. The Bertz CT molecular complexity index is 1270. The van der Waals surface area contributed by atoms with E-state index >= 15 is 0 Å². The van der Waals surface area contributed by atoms with Gasteiger partial charge in [-0.3, -0.25) is 4.79 Å². The van der Waals surface area contributed by atoms with E-state index in [-0.39, 0.29) is 23.6 Å². The monoisotopic (exact) mass is 496 g/mol. The van der Waals surface area contributed by atoms with Crippen molar-refractivity contribution in [3.8, 4) is 11.4 Å². The highest BCUT2D eigenvalue weighted by molar-refractivity contribution is 6.02. The van der Waals surface area contributed by atoms with Gasteiger partial charge >= 0.3 is 0 Å². The second kappa shape index (κ2) is 10.2. The predicted molar refractivity (Wildman–Crippen MR) is 132 cm³/mol. The van der Waals surface area contributed by atoms with Crippen molar-refractivity contribution in [2.45, 2.75) is 39.2 Å². The molecule has 36 heavy (non-hydrogen) atoms. The summed E-state index contributed by atoms with van der Waals surface area (Å²) in [6, 6.07) is 7.61. The summed E-state index contributed by atoms with van der Waals surface area (Å²) < 4.78 is 35.1. The number of carbonyl (C=O) groups is 1. The summed E-state index contributed by atoms with van der Waals surface area (Å²) in [5.41, 5.74) is 1.86. The predicted octanol–water partition coefficient (Wildman–Crippen LogP) is 4.59. The van der Waals surface area contributed by atoms with Crippen LogP contribution in [0.5, 0.6) is 5.75 Å². The van der Waals surface area contributed by atoms with E-state index in [4.69, 9.17) is 10.1 Å². The number of carbonyl (C=O) groups excluding carboxylic acids is 1. The van der Waals surface area contributed by atoms with Crippen LogP contribution in [0.4, 0.5) is 8.78 Å². The smallest absolute Gasteiger partial charge is 0.229 e. The van der Waals surface area contributed by atoms with E-state index in [0.717, 1.165) is 29.6 Å². The Labute approximate surface area is 208 Å². The molecule has 2 unspecified atom stereocenters. The van der Waals surface area contributed by atoms with Crippen molar-refractivity contribution in [1.29, 1.82) is 5.41 Å². The molecule has 7 nitrogen and oxygen atoms in total. The molecular formula is C27H30F2N4O3. The van der Waals surface area contributed by atoms with E-state index in [9.17, 15) is 18.7 Å². The molecular weight excluding hydrogens is 466 g/mol. The highest BCUT2D eigenvalue weighted by Crippen LogP contribution is 2.39. The zero-order valence-electron chi connectivity index (χ0n) is 20.6. The van der Waals surface area contributed by atoms with Gasteiger partial charge in [0.15, 0.2) is 0 Å². The van der Waals surface area contributed by atoms with Crippen molar-refractivity contribution in [3.05, 3.63) is 77.4 Å². The molecule has 1 aliphatic heterocycles. The average Bonchev–Trinajstić information content (AvgIpc) is 3.27. The topological polar surface area (TPSA) is 91.4 Å². The maximum atomic E-state index is 13.8. The van der Waals surface area contributed by atoms with E-state index < -0.39 is 29.7 Å². The van der Waals surface area contributed by atoms with Crippen molar-refractivity contribution >= 4 is 11.6 Å². The number of piperidine rings is 1. The first kappa shape index (κ1) is 25.5. The number of benzene rings is 2. The van der Waals surface area contributed by atoms with Crippen LogP contribution in [0, 0.1) is 29.4 Å². The molecule has 2 aromatic carbocycles. The summed E-state index contributed by atoms with van der Waals surface area (Å²) in [5.74, 6) is -1.20. The summed E-state index contributed by atoms with van der Waals surface area (Å²) in [6.45, 7) is 3.59. The Morgan fingerprint density at radius 2 is 1.97 bits per heavy atom. The number of hydrogen-bond donors (Lipinski definition) is 2. The summed E-state index contributed by atoms with van der Waals surface area (Å²) in [5, 5.41) is 18.8. The van der Waals surface area contributed by atoms with Gasteiger partial charge in [-0.05, 0) is 55.2 Å². The van der Waals surface area contributed by atoms with E-state index in [1.807, 2.05) is 29.8 Å². The van der Waals surface area contributed by atoms with Crippen LogP contribution in [0.2, 0.25) is 0 Å². The molecule has 1 fully saturated rings. The Balaban J connectivity index is 1.57. The van der Waals surface area contributed by atoms with E-state index in [1.165, 1.54) is 4.90 Å². The number of aryl methyl sites for hydroxylation is 1. The first-order chi connectivity index (χ1) is 17.1. The molecule has 4 rings (SSSR count). The zero-order chi connectivity index (χ0) is 26.0. The fraction of sp³-hybridized carbons (Fsp3) is 0.370. The third-order valence-corrected chi connectivity index (χ3v) is 6.81. The van der Waals surface area contributed by atoms with Crippen LogP contribution >= 0.6 is 0 Å². The second-order valence-corrected chi connectivity index (χ2v) is 9.53. The van der Waals surface area contributed by atoms with Gasteiger partial charge in [-0.15, -0.1) is 0 Å². The fourth-order valence-electron chi connectivity index (χ4n) is 4.93. The summed E-state index contributed by atoms with van der Waals surface area (Å²) in [6.07, 6.45) is 4.94. The summed E-state index contributed by atoms with van der Waals surface area (Å²) >= 11 is 0. The number of amides is 1. The van der Waals surface area contributed by atoms with Crippen LogP contribution in [0.3, 0.4) is 0 Å². The van der Waals surface area contributed by atoms with Gasteiger partial charge in [0.2, 0.25) is 5.91 Å². The lowest BCUT2D eigenvalue weighted by Gasteiger charge is -2.43. The highest BCUT2D eigenvalue weighted by Gasteiger charge is 2.43. The molecule has 2 heterocycles. The van der Waals surface area contributed by atoms with Crippen molar-refractivity contribution in [1.82, 2.24) is 14.5 Å². The number of rotatable bonds is 8. The number of imidazole rings is 1. The van der Waals surface area contributed by atoms with Crippen LogP contribution < -0.4 is 4.74 Å². The van der Waals surface area contributed by atoms with Gasteiger partial charge in [-0.2, -0.15) is 0 Å². The molecule has 0 bridgehead atoms. The molecule has 3 aromatic rings. The molecule has 1 aliphatic rings. The Hall–Kier alpha value is -3.59. The molecule has 1 saturated heterocycles. The Morgan fingerprint density at radius 1 is 1.25 bits per heavy atom. The van der Waals surface area contributed by atoms with Gasteiger partial charge in [-0.1, -0.05) is 13.0 Å². The van der Waals surface area contributed by atoms with E-state index in [0.29, 0.717) is 30.7 Å². The van der Waals surface area contributed by atoms with Gasteiger partial charge in [0.1, 0.15) is 17.4 Å². The fourth-order valence-corrected chi connectivity index (χ4v) is 4.93. The van der Waals surface area contributed by atoms with Crippen molar-refractivity contribution in [3.63, 3.8) is 0 Å². The third kappa shape index (κ3) is 5.02. The SMILES string of the molecule is COc1cc(C(=N)CC2(C)CCCN(C(CO)c3cc(F)cc(F)c3)C2=O)ccc1-n1cnc(C)c1. The van der Waals surface area contributed by atoms with Gasteiger partial charge in [0.05, 0.1) is 42.9 Å². The summed E-state index contributed by atoms with van der Waals surface area (Å²) in [4.78, 5) is 19.3. The maximum Gasteiger partial charge on any atom is 0.229 e. The minimum Gasteiger partial charge on any atom is -0.495 e. The minimum atomic E-state index is -0.901. The first-order valence-corrected chi connectivity index (χ1v) is 11.8. The van der Waals surface area contributed by atoms with Crippen molar-refractivity contribution in [2.75, 3.05) is 20.3 Å². The number of ether oxygens (including phenoxy) is 1. The van der Waals surface area contributed by atoms with Crippen molar-refractivity contribution < 1.29 is 23.4 Å². The molecule has 2 N–H and O–H groups in total. The largest absolute Gasteiger partial charge is 0.495 e. The van der Waals surface area contributed by atoms with Crippen molar-refractivity contribution in [2.24, 2.45) is 5.41 Å². The molecule has 0 spiro atoms. The van der Waals surface area contributed by atoms with Gasteiger partial charge in [0.25, 0.3) is 0 Å². The first-order valence-electron chi connectivity index (χ1n) is 11.8. The van der Waals surface area contributed by atoms with Crippen LogP contribution in [0.1, 0.15) is 49.0 Å². The van der Waals surface area contributed by atoms with Crippen LogP contribution in [-0.2, 0) is 4.79 Å². The molecule has 190 valence electrons. The lowest BCUT2D eigenvalue weighted by atomic mass is 9.75. The summed E-state index contributed by atoms with van der Waals surface area (Å²) in [7, 11) is 1.56. The van der Waals surface area contributed by atoms with Crippen LogP contribution in [-0.4, -0.2) is 51.4 Å². The molecule has 2 atom stereocenters. The number of methoxy groups -OCH3 is 1. The number of aliphatic hydroxyl groups is 1. The Morgan fingerprint density at radius 3 is 2.58 bits per heavy atom. The highest BCUT2D eigenvalue weighted by atomic mass is 19.1. The van der Waals surface area contributed by atoms with Crippen LogP contribution in [0.25, 0.3) is 5.69 Å². The zero-order valence-corrected chi connectivity index (χ0v) is 20.6. The maximum absolute atomic E-state index is 13.8. The number of hydrogen-bond acceptors (Lipinski definition) is 5.